The summed E-state index contributed by atoms with van der Waals surface area (Å²) in [6, 6.07) is 12.3. The molecule has 0 aromatic heterocycles. The lowest BCUT2D eigenvalue weighted by molar-refractivity contribution is -0.124. The van der Waals surface area contributed by atoms with Crippen LogP contribution in [0.4, 0.5) is 5.69 Å². The fourth-order valence-corrected chi connectivity index (χ4v) is 2.38. The zero-order valence-corrected chi connectivity index (χ0v) is 15.4. The monoisotopic (exact) mass is 396 g/mol. The van der Waals surface area contributed by atoms with Crippen molar-refractivity contribution in [1.29, 1.82) is 5.41 Å². The highest BCUT2D eigenvalue weighted by Crippen LogP contribution is 2.18. The lowest BCUT2D eigenvalue weighted by atomic mass is 10.2. The summed E-state index contributed by atoms with van der Waals surface area (Å²) >= 11 is 0. The minimum Gasteiger partial charge on any atom is -0.452 e. The molecule has 0 aliphatic heterocycles. The van der Waals surface area contributed by atoms with E-state index in [4.69, 9.17) is 20.6 Å². The van der Waals surface area contributed by atoms with Crippen molar-refractivity contribution in [3.05, 3.63) is 59.7 Å². The molecule has 1 aliphatic carbocycles. The Hall–Kier alpha value is -3.88. The minimum absolute atomic E-state index is 0.205. The Labute approximate surface area is 166 Å². The average molecular weight is 396 g/mol. The quantitative estimate of drug-likeness (QED) is 0.241. The molecule has 0 atom stereocenters. The van der Waals surface area contributed by atoms with Gasteiger partial charge in [-0.3, -0.25) is 10.2 Å². The number of nitrogens with one attached hydrogen (secondary N) is 3. The van der Waals surface area contributed by atoms with E-state index < -0.39 is 11.9 Å². The van der Waals surface area contributed by atoms with Gasteiger partial charge in [-0.2, -0.15) is 0 Å². The number of carbonyl (C=O) groups is 3. The van der Waals surface area contributed by atoms with Crippen LogP contribution >= 0.6 is 0 Å². The molecule has 1 amide bonds. The molecule has 2 aromatic carbocycles. The number of esters is 2. The van der Waals surface area contributed by atoms with E-state index in [0.29, 0.717) is 11.3 Å². The summed E-state index contributed by atoms with van der Waals surface area (Å²) in [6.45, 7) is -0.333. The molecule has 3 rings (SSSR count). The molecule has 0 bridgehead atoms. The van der Waals surface area contributed by atoms with Crippen LogP contribution < -0.4 is 21.1 Å². The van der Waals surface area contributed by atoms with Crippen molar-refractivity contribution in [3.63, 3.8) is 0 Å². The van der Waals surface area contributed by atoms with Gasteiger partial charge in [0.15, 0.2) is 12.6 Å². The van der Waals surface area contributed by atoms with Crippen LogP contribution in [0.2, 0.25) is 0 Å². The third-order valence-corrected chi connectivity index (χ3v) is 3.98. The van der Waals surface area contributed by atoms with Crippen LogP contribution in [0.3, 0.4) is 0 Å². The van der Waals surface area contributed by atoms with E-state index in [1.54, 1.807) is 12.1 Å². The van der Waals surface area contributed by atoms with Gasteiger partial charge in [-0.25, -0.2) is 9.59 Å². The molecular formula is C20H20N4O5. The summed E-state index contributed by atoms with van der Waals surface area (Å²) in [4.78, 5) is 35.7. The molecule has 0 saturated heterocycles. The van der Waals surface area contributed by atoms with Crippen LogP contribution in [0.15, 0.2) is 48.5 Å². The van der Waals surface area contributed by atoms with Crippen molar-refractivity contribution >= 4 is 29.5 Å². The molecule has 1 saturated carbocycles. The Kier molecular flexibility index (Phi) is 6.08. The van der Waals surface area contributed by atoms with Crippen molar-refractivity contribution in [3.8, 4) is 5.75 Å². The normalized spacial score (nSPS) is 12.6. The number of guanidine groups is 1. The molecule has 0 unspecified atom stereocenters. The number of carbonyl (C=O) groups excluding carboxylic acids is 3. The van der Waals surface area contributed by atoms with E-state index in [2.05, 4.69) is 10.6 Å². The maximum Gasteiger partial charge on any atom is 0.343 e. The summed E-state index contributed by atoms with van der Waals surface area (Å²) in [5.74, 6) is -1.49. The van der Waals surface area contributed by atoms with Crippen molar-refractivity contribution in [2.45, 2.75) is 18.9 Å². The highest BCUT2D eigenvalue weighted by Gasteiger charge is 2.23. The zero-order valence-electron chi connectivity index (χ0n) is 15.4. The van der Waals surface area contributed by atoms with Gasteiger partial charge in [0, 0.05) is 11.7 Å². The maximum absolute atomic E-state index is 12.2. The third kappa shape index (κ3) is 6.06. The standard InChI is InChI=1S/C20H20N4O5/c21-20(22)24-15-5-1-13(2-6-15)19(27)29-16-9-3-12(4-10-16)18(26)28-11-17(25)23-14-7-8-14/h1-6,9-10,14H,7-8,11H2,(H,23,25)(H4,21,22,24). The SMILES string of the molecule is N=C(N)Nc1ccc(C(=O)Oc2ccc(C(=O)OCC(=O)NC3CC3)cc2)cc1. The number of ether oxygens (including phenoxy) is 2. The Bertz CT molecular complexity index is 921. The summed E-state index contributed by atoms with van der Waals surface area (Å²) in [5, 5.41) is 12.5. The Morgan fingerprint density at radius 1 is 0.966 bits per heavy atom. The second-order valence-corrected chi connectivity index (χ2v) is 6.45. The predicted octanol–water partition coefficient (Wildman–Crippen LogP) is 1.65. The molecule has 2 aromatic rings. The van der Waals surface area contributed by atoms with E-state index >= 15 is 0 Å². The molecule has 1 aliphatic rings. The van der Waals surface area contributed by atoms with Gasteiger partial charge in [-0.1, -0.05) is 0 Å². The van der Waals surface area contributed by atoms with Gasteiger partial charge in [-0.15, -0.1) is 0 Å². The topological polar surface area (TPSA) is 144 Å². The van der Waals surface area contributed by atoms with Crippen LogP contribution in [-0.2, 0) is 9.53 Å². The Balaban J connectivity index is 1.51. The van der Waals surface area contributed by atoms with Crippen LogP contribution in [0.25, 0.3) is 0 Å². The summed E-state index contributed by atoms with van der Waals surface area (Å²) in [6.07, 6.45) is 1.92. The average Bonchev–Trinajstić information content (AvgIpc) is 3.50. The summed E-state index contributed by atoms with van der Waals surface area (Å²) < 4.78 is 10.2. The van der Waals surface area contributed by atoms with Gasteiger partial charge < -0.3 is 25.8 Å². The smallest absolute Gasteiger partial charge is 0.343 e. The lowest BCUT2D eigenvalue weighted by Crippen LogP contribution is -2.30. The van der Waals surface area contributed by atoms with Gasteiger partial charge in [-0.05, 0) is 61.4 Å². The van der Waals surface area contributed by atoms with Crippen LogP contribution in [-0.4, -0.2) is 36.5 Å². The largest absolute Gasteiger partial charge is 0.452 e. The van der Waals surface area contributed by atoms with Crippen molar-refractivity contribution in [1.82, 2.24) is 5.32 Å². The van der Waals surface area contributed by atoms with Gasteiger partial charge in [0.25, 0.3) is 5.91 Å². The van der Waals surface area contributed by atoms with E-state index in [1.807, 2.05) is 0 Å². The first-order valence-electron chi connectivity index (χ1n) is 8.90. The highest BCUT2D eigenvalue weighted by molar-refractivity contribution is 5.94. The number of rotatable bonds is 7. The molecule has 0 heterocycles. The summed E-state index contributed by atoms with van der Waals surface area (Å²) in [7, 11) is 0. The second kappa shape index (κ2) is 8.87. The molecule has 150 valence electrons. The molecule has 9 heteroatoms. The number of anilines is 1. The van der Waals surface area contributed by atoms with Crippen LogP contribution in [0.5, 0.6) is 5.75 Å². The highest BCUT2D eigenvalue weighted by atomic mass is 16.5. The van der Waals surface area contributed by atoms with Crippen LogP contribution in [0.1, 0.15) is 33.6 Å². The van der Waals surface area contributed by atoms with E-state index in [0.717, 1.165) is 12.8 Å². The molecule has 9 nitrogen and oxygen atoms in total. The summed E-state index contributed by atoms with van der Waals surface area (Å²) in [5.41, 5.74) is 6.36. The molecular weight excluding hydrogens is 376 g/mol. The van der Waals surface area contributed by atoms with Gasteiger partial charge in [0.1, 0.15) is 5.75 Å². The van der Waals surface area contributed by atoms with Gasteiger partial charge >= 0.3 is 11.9 Å². The van der Waals surface area contributed by atoms with Gasteiger partial charge in [0.05, 0.1) is 11.1 Å². The maximum atomic E-state index is 12.2. The first-order chi connectivity index (χ1) is 13.9. The van der Waals surface area contributed by atoms with Crippen LogP contribution in [0, 0.1) is 5.41 Å². The van der Waals surface area contributed by atoms with Crippen molar-refractivity contribution in [2.24, 2.45) is 5.73 Å². The Morgan fingerprint density at radius 3 is 2.14 bits per heavy atom. The third-order valence-electron chi connectivity index (χ3n) is 3.98. The first kappa shape index (κ1) is 19.9. The molecule has 5 N–H and O–H groups in total. The molecule has 29 heavy (non-hydrogen) atoms. The second-order valence-electron chi connectivity index (χ2n) is 6.45. The predicted molar refractivity (Wildman–Crippen MR) is 105 cm³/mol. The number of hydrogen-bond donors (Lipinski definition) is 4. The molecule has 1 fully saturated rings. The minimum atomic E-state index is -0.637. The zero-order chi connectivity index (χ0) is 20.8. The van der Waals surface area contributed by atoms with Gasteiger partial charge in [0.2, 0.25) is 0 Å². The Morgan fingerprint density at radius 2 is 1.55 bits per heavy atom. The van der Waals surface area contributed by atoms with E-state index in [-0.39, 0.29) is 35.8 Å². The van der Waals surface area contributed by atoms with Crippen molar-refractivity contribution in [2.75, 3.05) is 11.9 Å². The molecule has 0 radical (unpaired) electrons. The number of hydrogen-bond acceptors (Lipinski definition) is 6. The fraction of sp³-hybridized carbons (Fsp3) is 0.200. The van der Waals surface area contributed by atoms with E-state index in [9.17, 15) is 14.4 Å². The van der Waals surface area contributed by atoms with Crippen molar-refractivity contribution < 1.29 is 23.9 Å². The lowest BCUT2D eigenvalue weighted by Gasteiger charge is -2.08. The first-order valence-corrected chi connectivity index (χ1v) is 8.90. The number of nitrogens with two attached hydrogens (primary N) is 1. The van der Waals surface area contributed by atoms with E-state index in [1.165, 1.54) is 36.4 Å². The fourth-order valence-electron chi connectivity index (χ4n) is 2.38. The number of benzene rings is 2. The molecule has 0 spiro atoms. The number of amides is 1.